The SMILES string of the molecule is CC(C)C(C(C)C(C(C)C(C(C)C(C)S(=O)(=O)O[O-])S(=O)(=O)O[O-])S(=O)(=O)O[O-])S(=O)(=O)O[O-].CC([NH3+])C(C(=O)O)C([NH3+])C(C(=O)O)C([NH3+])C(C(=O)O)C([NH3+])C(C)C(=O)O. The first-order valence-corrected chi connectivity index (χ1v) is 23.3. The quantitative estimate of drug-likeness (QED) is 0.0295. The average molecular weight is 961 g/mol. The molecule has 0 saturated heterocycles. The summed E-state index contributed by atoms with van der Waals surface area (Å²) < 4.78 is 111. The Morgan fingerprint density at radius 3 is 1.00 bits per heavy atom. The van der Waals surface area contributed by atoms with Crippen LogP contribution in [0.4, 0.5) is 0 Å². The normalized spacial score (nSPS) is 20.5. The zero-order valence-electron chi connectivity index (χ0n) is 33.7. The predicted molar refractivity (Wildman–Crippen MR) is 186 cm³/mol. The summed E-state index contributed by atoms with van der Waals surface area (Å²) in [5.74, 6) is -17.5. The largest absolute Gasteiger partial charge is 0.707 e. The molecule has 0 aliphatic heterocycles. The van der Waals surface area contributed by atoms with Gasteiger partial charge in [0.25, 0.3) is 40.5 Å². The van der Waals surface area contributed by atoms with E-state index in [2.05, 4.69) is 40.3 Å². The van der Waals surface area contributed by atoms with Crippen molar-refractivity contribution in [1.29, 1.82) is 0 Å². The van der Waals surface area contributed by atoms with Crippen molar-refractivity contribution in [2.24, 2.45) is 47.3 Å². The molecule has 0 saturated carbocycles. The molecule has 0 fully saturated rings. The minimum atomic E-state index is -5.36. The molecule has 356 valence electrons. The van der Waals surface area contributed by atoms with E-state index in [1.807, 2.05) is 0 Å². The average Bonchev–Trinajstić information content (AvgIpc) is 3.09. The maximum atomic E-state index is 12.5. The molecule has 0 aliphatic carbocycles. The van der Waals surface area contributed by atoms with Crippen molar-refractivity contribution >= 4 is 64.3 Å². The van der Waals surface area contributed by atoms with Gasteiger partial charge in [0.05, 0.1) is 21.0 Å². The summed E-state index contributed by atoms with van der Waals surface area (Å²) in [6, 6.07) is -4.45. The number of rotatable bonds is 26. The van der Waals surface area contributed by atoms with Gasteiger partial charge in [-0.15, -0.1) is 0 Å². The Bertz CT molecular complexity index is 1900. The first kappa shape index (κ1) is 59.3. The van der Waals surface area contributed by atoms with E-state index in [0.29, 0.717) is 0 Å². The molecule has 28 nitrogen and oxygen atoms in total. The highest BCUT2D eigenvalue weighted by atomic mass is 32.2. The van der Waals surface area contributed by atoms with Crippen LogP contribution in [0.1, 0.15) is 55.4 Å². The molecule has 0 aliphatic rings. The van der Waals surface area contributed by atoms with Crippen molar-refractivity contribution in [2.75, 3.05) is 0 Å². The van der Waals surface area contributed by atoms with E-state index in [0.717, 1.165) is 27.7 Å². The second kappa shape index (κ2) is 23.6. The predicted octanol–water partition coefficient (Wildman–Crippen LogP) is -10.2. The second-order valence-electron chi connectivity index (χ2n) is 14.9. The summed E-state index contributed by atoms with van der Waals surface area (Å²) in [5, 5.41) is 72.3. The number of carboxylic acids is 4. The monoisotopic (exact) mass is 960 g/mol. The number of hydrogen-bond acceptors (Lipinski definition) is 20. The van der Waals surface area contributed by atoms with Crippen LogP contribution in [-0.2, 0) is 77.0 Å². The number of hydrogen-bond donors (Lipinski definition) is 8. The van der Waals surface area contributed by atoms with Crippen LogP contribution in [0.25, 0.3) is 0 Å². The number of carboxylic acid groups (broad SMARTS) is 4. The molecule has 32 heteroatoms. The Labute approximate surface area is 345 Å². The van der Waals surface area contributed by atoms with Crippen LogP contribution in [0.15, 0.2) is 0 Å². The molecule has 0 aromatic carbocycles. The van der Waals surface area contributed by atoms with Gasteiger partial charge in [0.2, 0.25) is 0 Å². The highest BCUT2D eigenvalue weighted by Crippen LogP contribution is 2.38. The zero-order valence-corrected chi connectivity index (χ0v) is 36.9. The highest BCUT2D eigenvalue weighted by Gasteiger charge is 2.55. The standard InChI is InChI=1S/C14H26N4O8.C14H30O16S4/c1-3(11(19)20)8(16)6(13(23)24)10(18)7(14(25)26)9(17)5(4(2)15)12(21)22;1-7(2)12(32(21,22)28-16)9(4)14(34(25,26)30-18)10(5)13(33(23,24)29-17)8(3)11(6)31(19,20)27-15/h3-10H,15-18H2,1-2H3,(H,19,20)(H,21,22)(H,23,24)(H,25,26);7-18H,1-6H3. The van der Waals surface area contributed by atoms with Crippen LogP contribution in [0.3, 0.4) is 0 Å². The Kier molecular flexibility index (Phi) is 23.3. The summed E-state index contributed by atoms with van der Waals surface area (Å²) >= 11 is 0. The van der Waals surface area contributed by atoms with Gasteiger partial charge in [-0.05, 0) is 44.4 Å². The van der Waals surface area contributed by atoms with Crippen LogP contribution in [0.2, 0.25) is 0 Å². The minimum absolute atomic E-state index is 0.694. The third-order valence-electron chi connectivity index (χ3n) is 10.6. The summed E-state index contributed by atoms with van der Waals surface area (Å²) in [6.45, 7) is 8.76. The van der Waals surface area contributed by atoms with Crippen molar-refractivity contribution in [3.05, 3.63) is 0 Å². The lowest BCUT2D eigenvalue weighted by Crippen LogP contribution is -2.85. The van der Waals surface area contributed by atoms with E-state index >= 15 is 0 Å². The van der Waals surface area contributed by atoms with Crippen molar-refractivity contribution in [2.45, 2.75) is 101 Å². The van der Waals surface area contributed by atoms with Crippen LogP contribution >= 0.6 is 0 Å². The first-order chi connectivity index (χ1) is 26.9. The Balaban J connectivity index is 0. The van der Waals surface area contributed by atoms with E-state index in [1.54, 1.807) is 0 Å². The molecule has 0 rings (SSSR count). The topological polar surface area (TPSA) is 525 Å². The summed E-state index contributed by atoms with van der Waals surface area (Å²) in [5.41, 5.74) is 14.4. The van der Waals surface area contributed by atoms with Gasteiger partial charge >= 0.3 is 23.9 Å². The van der Waals surface area contributed by atoms with Crippen LogP contribution in [0.5, 0.6) is 0 Å². The fraction of sp³-hybridized carbons (Fsp3) is 0.857. The van der Waals surface area contributed by atoms with Gasteiger partial charge in [0.15, 0.2) is 17.8 Å². The molecule has 0 radical (unpaired) electrons. The minimum Gasteiger partial charge on any atom is -0.707 e. The van der Waals surface area contributed by atoms with Crippen LogP contribution < -0.4 is 44.0 Å². The van der Waals surface area contributed by atoms with Gasteiger partial charge < -0.3 is 81.7 Å². The van der Waals surface area contributed by atoms with Gasteiger partial charge in [-0.1, -0.05) is 34.6 Å². The molecule has 0 bridgehead atoms. The van der Waals surface area contributed by atoms with Gasteiger partial charge in [-0.2, -0.15) is 33.7 Å². The van der Waals surface area contributed by atoms with E-state index in [-0.39, 0.29) is 0 Å². The summed E-state index contributed by atoms with van der Waals surface area (Å²) in [7, 11) is -20.7. The lowest BCUT2D eigenvalue weighted by Gasteiger charge is -2.40. The van der Waals surface area contributed by atoms with E-state index in [4.69, 9.17) is 5.11 Å². The lowest BCUT2D eigenvalue weighted by molar-refractivity contribution is -0.635. The smallest absolute Gasteiger partial charge is 0.318 e. The van der Waals surface area contributed by atoms with Crippen molar-refractivity contribution in [1.82, 2.24) is 0 Å². The third kappa shape index (κ3) is 14.7. The Morgan fingerprint density at radius 2 is 0.717 bits per heavy atom. The summed E-state index contributed by atoms with van der Waals surface area (Å²) in [4.78, 5) is 46.1. The molecular formula is C28H56N4O24S4. The van der Waals surface area contributed by atoms with Crippen molar-refractivity contribution in [3.63, 3.8) is 0 Å². The molecule has 0 heterocycles. The third-order valence-corrected chi connectivity index (χ3v) is 17.4. The molecule has 16 N–H and O–H groups in total. The molecule has 15 atom stereocenters. The fourth-order valence-corrected chi connectivity index (χ4v) is 13.1. The van der Waals surface area contributed by atoms with E-state index in [9.17, 15) is 89.2 Å². The molecule has 15 unspecified atom stereocenters. The second-order valence-corrected chi connectivity index (χ2v) is 21.7. The molecule has 0 spiro atoms. The van der Waals surface area contributed by atoms with E-state index in [1.165, 1.54) is 27.7 Å². The molecule has 0 aromatic rings. The van der Waals surface area contributed by atoms with Gasteiger partial charge in [0.1, 0.15) is 30.1 Å². The fourth-order valence-electron chi connectivity index (χ4n) is 7.47. The van der Waals surface area contributed by atoms with E-state index < -0.39 is 157 Å². The zero-order chi connectivity index (χ0) is 48.4. The summed E-state index contributed by atoms with van der Waals surface area (Å²) in [6.07, 6.45) is 0. The number of quaternary nitrogens is 4. The first-order valence-electron chi connectivity index (χ1n) is 17.4. The number of carbonyl (C=O) groups is 4. The van der Waals surface area contributed by atoms with Crippen LogP contribution in [0, 0.1) is 47.3 Å². The van der Waals surface area contributed by atoms with Crippen molar-refractivity contribution < 1.29 is 135 Å². The maximum absolute atomic E-state index is 12.5. The van der Waals surface area contributed by atoms with Crippen molar-refractivity contribution in [3.8, 4) is 0 Å². The molecule has 0 aromatic heterocycles. The number of aliphatic carboxylic acids is 4. The van der Waals surface area contributed by atoms with Gasteiger partial charge in [0, 0.05) is 0 Å². The van der Waals surface area contributed by atoms with Gasteiger partial charge in [-0.25, -0.2) is 0 Å². The molecular weight excluding hydrogens is 905 g/mol. The Morgan fingerprint density at radius 1 is 0.433 bits per heavy atom. The van der Waals surface area contributed by atoms with Crippen LogP contribution in [-0.4, -0.2) is 123 Å². The van der Waals surface area contributed by atoms with Gasteiger partial charge in [-0.3, -0.25) is 19.2 Å². The maximum Gasteiger partial charge on any atom is 0.318 e. The molecule has 60 heavy (non-hydrogen) atoms. The Hall–Kier alpha value is -2.80. The molecule has 0 amide bonds. The highest BCUT2D eigenvalue weighted by molar-refractivity contribution is 7.89. The lowest BCUT2D eigenvalue weighted by atomic mass is 9.73.